The Morgan fingerprint density at radius 3 is 2.74 bits per heavy atom. The van der Waals surface area contributed by atoms with E-state index in [0.29, 0.717) is 28.7 Å². The molecule has 0 spiro atoms. The van der Waals surface area contributed by atoms with Crippen molar-refractivity contribution >= 4 is 23.8 Å². The lowest BCUT2D eigenvalue weighted by Gasteiger charge is -2.10. The van der Waals surface area contributed by atoms with E-state index in [9.17, 15) is 0 Å². The molecule has 0 radical (unpaired) electrons. The molecule has 0 aliphatic rings. The third-order valence-corrected chi connectivity index (χ3v) is 2.34. The average Bonchev–Trinajstić information content (AvgIpc) is 2.38. The van der Waals surface area contributed by atoms with Crippen LogP contribution in [-0.2, 0) is 0 Å². The van der Waals surface area contributed by atoms with Crippen LogP contribution in [0.1, 0.15) is 5.56 Å². The van der Waals surface area contributed by atoms with E-state index in [2.05, 4.69) is 16.8 Å². The molecule has 1 rings (SSSR count). The maximum atomic E-state index is 6.09. The van der Waals surface area contributed by atoms with Gasteiger partial charge < -0.3 is 20.9 Å². The number of halogens is 1. The lowest BCUT2D eigenvalue weighted by atomic mass is 10.2. The molecule has 19 heavy (non-hydrogen) atoms. The van der Waals surface area contributed by atoms with Gasteiger partial charge in [0.1, 0.15) is 6.61 Å². The molecule has 0 aromatic heterocycles. The van der Waals surface area contributed by atoms with Crippen LogP contribution in [0, 0.1) is 0 Å². The standard InChI is InChI=1S/C12H15ClN4O2/c1-3-4-19-11-6-9(13)8(5-10(11)18-2)7-16-17-12(14)15/h3,5-7H,1,4H2,2H3,(H4,14,15,17). The maximum Gasteiger partial charge on any atom is 0.211 e. The molecule has 0 heterocycles. The number of nitrogens with two attached hydrogens (primary N) is 2. The van der Waals surface area contributed by atoms with Crippen molar-refractivity contribution in [2.75, 3.05) is 13.7 Å². The summed E-state index contributed by atoms with van der Waals surface area (Å²) in [5, 5.41) is 7.61. The van der Waals surface area contributed by atoms with Gasteiger partial charge >= 0.3 is 0 Å². The highest BCUT2D eigenvalue weighted by Crippen LogP contribution is 2.32. The van der Waals surface area contributed by atoms with E-state index in [4.69, 9.17) is 32.5 Å². The average molecular weight is 283 g/mol. The first-order valence-corrected chi connectivity index (χ1v) is 5.69. The van der Waals surface area contributed by atoms with Crippen LogP contribution in [-0.4, -0.2) is 25.9 Å². The van der Waals surface area contributed by atoms with E-state index in [0.717, 1.165) is 0 Å². The van der Waals surface area contributed by atoms with Crippen LogP contribution in [0.2, 0.25) is 5.02 Å². The maximum absolute atomic E-state index is 6.09. The fourth-order valence-electron chi connectivity index (χ4n) is 1.23. The lowest BCUT2D eigenvalue weighted by molar-refractivity contribution is 0.326. The minimum Gasteiger partial charge on any atom is -0.493 e. The molecule has 0 amide bonds. The van der Waals surface area contributed by atoms with Gasteiger partial charge in [0.15, 0.2) is 11.5 Å². The monoisotopic (exact) mass is 282 g/mol. The summed E-state index contributed by atoms with van der Waals surface area (Å²) in [6.45, 7) is 3.93. The van der Waals surface area contributed by atoms with Gasteiger partial charge in [-0.05, 0) is 6.07 Å². The van der Waals surface area contributed by atoms with E-state index in [1.54, 1.807) is 18.2 Å². The second-order valence-corrected chi connectivity index (χ2v) is 3.80. The number of rotatable bonds is 6. The van der Waals surface area contributed by atoms with E-state index in [-0.39, 0.29) is 5.96 Å². The van der Waals surface area contributed by atoms with E-state index >= 15 is 0 Å². The molecule has 0 saturated heterocycles. The van der Waals surface area contributed by atoms with Crippen molar-refractivity contribution in [1.82, 2.24) is 0 Å². The van der Waals surface area contributed by atoms with Crippen molar-refractivity contribution in [1.29, 1.82) is 0 Å². The highest BCUT2D eigenvalue weighted by molar-refractivity contribution is 6.33. The fourth-order valence-corrected chi connectivity index (χ4v) is 1.43. The molecule has 0 fully saturated rings. The third-order valence-electron chi connectivity index (χ3n) is 2.01. The van der Waals surface area contributed by atoms with Crippen LogP contribution in [0.3, 0.4) is 0 Å². The van der Waals surface area contributed by atoms with Crippen molar-refractivity contribution in [3.8, 4) is 11.5 Å². The third kappa shape index (κ3) is 4.51. The van der Waals surface area contributed by atoms with Crippen molar-refractivity contribution in [3.63, 3.8) is 0 Å². The number of methoxy groups -OCH3 is 1. The summed E-state index contributed by atoms with van der Waals surface area (Å²) in [5.74, 6) is 0.911. The molecular formula is C12H15ClN4O2. The normalized spacial score (nSPS) is 10.2. The molecule has 0 aliphatic heterocycles. The molecule has 0 aliphatic carbocycles. The minimum atomic E-state index is -0.134. The zero-order chi connectivity index (χ0) is 14.3. The van der Waals surface area contributed by atoms with E-state index in [1.807, 2.05) is 0 Å². The molecule has 102 valence electrons. The highest BCUT2D eigenvalue weighted by Gasteiger charge is 2.09. The largest absolute Gasteiger partial charge is 0.493 e. The lowest BCUT2D eigenvalue weighted by Crippen LogP contribution is -2.21. The molecule has 0 atom stereocenters. The van der Waals surface area contributed by atoms with Gasteiger partial charge in [-0.2, -0.15) is 5.10 Å². The number of hydrogen-bond donors (Lipinski definition) is 2. The van der Waals surface area contributed by atoms with Gasteiger partial charge in [0.25, 0.3) is 0 Å². The van der Waals surface area contributed by atoms with Crippen LogP contribution in [0.5, 0.6) is 11.5 Å². The molecule has 4 N–H and O–H groups in total. The van der Waals surface area contributed by atoms with Crippen molar-refractivity contribution < 1.29 is 9.47 Å². The molecule has 7 heteroatoms. The predicted molar refractivity (Wildman–Crippen MR) is 77.1 cm³/mol. The summed E-state index contributed by atoms with van der Waals surface area (Å²) < 4.78 is 10.6. The number of ether oxygens (including phenoxy) is 2. The van der Waals surface area contributed by atoms with Gasteiger partial charge in [-0.25, -0.2) is 0 Å². The minimum absolute atomic E-state index is 0.134. The SMILES string of the molecule is C=CCOc1cc(Cl)c(C=NN=C(N)N)cc1OC. The number of nitrogens with zero attached hydrogens (tertiary/aromatic N) is 2. The molecule has 6 nitrogen and oxygen atoms in total. The fraction of sp³-hybridized carbons (Fsp3) is 0.167. The Bertz CT molecular complexity index is 511. The number of hydrogen-bond acceptors (Lipinski definition) is 4. The number of benzene rings is 1. The summed E-state index contributed by atoms with van der Waals surface area (Å²) in [7, 11) is 1.53. The first kappa shape index (κ1) is 14.8. The van der Waals surface area contributed by atoms with Crippen LogP contribution < -0.4 is 20.9 Å². The van der Waals surface area contributed by atoms with Gasteiger partial charge in [0.05, 0.1) is 18.3 Å². The summed E-state index contributed by atoms with van der Waals surface area (Å²) >= 11 is 6.09. The molecule has 0 bridgehead atoms. The Morgan fingerprint density at radius 2 is 2.16 bits per heavy atom. The highest BCUT2D eigenvalue weighted by atomic mass is 35.5. The topological polar surface area (TPSA) is 95.2 Å². The van der Waals surface area contributed by atoms with E-state index < -0.39 is 0 Å². The van der Waals surface area contributed by atoms with Gasteiger partial charge in [0.2, 0.25) is 5.96 Å². The Labute approximate surface area is 116 Å². The predicted octanol–water partition coefficient (Wildman–Crippen LogP) is 1.52. The molecular weight excluding hydrogens is 268 g/mol. The second-order valence-electron chi connectivity index (χ2n) is 3.39. The summed E-state index contributed by atoms with van der Waals surface area (Å²) in [6.07, 6.45) is 3.04. The molecule has 1 aromatic carbocycles. The Morgan fingerprint density at radius 1 is 1.42 bits per heavy atom. The summed E-state index contributed by atoms with van der Waals surface area (Å²) in [5.41, 5.74) is 10.9. The Kier molecular flexibility index (Phi) is 5.69. The van der Waals surface area contributed by atoms with Crippen LogP contribution in [0.25, 0.3) is 0 Å². The van der Waals surface area contributed by atoms with Crippen LogP contribution in [0.4, 0.5) is 0 Å². The summed E-state index contributed by atoms with van der Waals surface area (Å²) in [6, 6.07) is 3.30. The van der Waals surface area contributed by atoms with Gasteiger partial charge in [-0.15, -0.1) is 5.10 Å². The van der Waals surface area contributed by atoms with Gasteiger partial charge in [-0.1, -0.05) is 24.3 Å². The van der Waals surface area contributed by atoms with Crippen LogP contribution in [0.15, 0.2) is 35.0 Å². The van der Waals surface area contributed by atoms with Crippen LogP contribution >= 0.6 is 11.6 Å². The smallest absolute Gasteiger partial charge is 0.211 e. The molecule has 0 saturated carbocycles. The quantitative estimate of drug-likeness (QED) is 0.358. The first-order chi connectivity index (χ1) is 9.08. The summed E-state index contributed by atoms with van der Waals surface area (Å²) in [4.78, 5) is 0. The zero-order valence-corrected chi connectivity index (χ0v) is 11.2. The molecule has 1 aromatic rings. The van der Waals surface area contributed by atoms with Gasteiger partial charge in [-0.3, -0.25) is 0 Å². The molecule has 0 unspecified atom stereocenters. The number of guanidine groups is 1. The van der Waals surface area contributed by atoms with Gasteiger partial charge in [0, 0.05) is 11.6 Å². The zero-order valence-electron chi connectivity index (χ0n) is 10.5. The first-order valence-electron chi connectivity index (χ1n) is 5.31. The second kappa shape index (κ2) is 7.27. The van der Waals surface area contributed by atoms with Crippen molar-refractivity contribution in [3.05, 3.63) is 35.4 Å². The Balaban J connectivity index is 3.05. The van der Waals surface area contributed by atoms with Crippen molar-refractivity contribution in [2.45, 2.75) is 0 Å². The van der Waals surface area contributed by atoms with E-state index in [1.165, 1.54) is 13.3 Å². The Hall–Kier alpha value is -2.21. The van der Waals surface area contributed by atoms with Crippen molar-refractivity contribution in [2.24, 2.45) is 21.7 Å².